The predicted octanol–water partition coefficient (Wildman–Crippen LogP) is 5.04. The van der Waals surface area contributed by atoms with Crippen LogP contribution >= 0.6 is 11.8 Å². The molecule has 154 valence electrons. The van der Waals surface area contributed by atoms with Crippen LogP contribution in [0.1, 0.15) is 50.5 Å². The topological polar surface area (TPSA) is 56.5 Å². The smallest absolute Gasteiger partial charge is 0.310 e. The lowest BCUT2D eigenvalue weighted by Gasteiger charge is -2.21. The molecule has 1 aliphatic heterocycles. The number of hydrogen-bond acceptors (Lipinski definition) is 5. The minimum atomic E-state index is -0.339. The first kappa shape index (κ1) is 20.3. The predicted molar refractivity (Wildman–Crippen MR) is 114 cm³/mol. The summed E-state index contributed by atoms with van der Waals surface area (Å²) in [5, 5.41) is 0. The van der Waals surface area contributed by atoms with Crippen LogP contribution in [-0.2, 0) is 27.4 Å². The van der Waals surface area contributed by atoms with Crippen molar-refractivity contribution in [2.24, 2.45) is 17.3 Å². The molecule has 4 nitrogen and oxygen atoms in total. The molecule has 2 heterocycles. The van der Waals surface area contributed by atoms with Crippen molar-refractivity contribution in [1.82, 2.24) is 0 Å². The van der Waals surface area contributed by atoms with Gasteiger partial charge in [-0.25, -0.2) is 0 Å². The number of thioether (sulfide) groups is 1. The summed E-state index contributed by atoms with van der Waals surface area (Å²) in [5.41, 5.74) is 1.94. The van der Waals surface area contributed by atoms with Gasteiger partial charge in [0, 0.05) is 24.2 Å². The lowest BCUT2D eigenvalue weighted by Crippen LogP contribution is -2.28. The lowest BCUT2D eigenvalue weighted by atomic mass is 9.94. The molecule has 0 N–H and O–H groups in total. The van der Waals surface area contributed by atoms with Gasteiger partial charge in [-0.15, -0.1) is 11.8 Å². The maximum Gasteiger partial charge on any atom is 0.310 e. The largest absolute Gasteiger partial charge is 0.469 e. The van der Waals surface area contributed by atoms with Gasteiger partial charge in [0.15, 0.2) is 0 Å². The number of furan rings is 1. The van der Waals surface area contributed by atoms with E-state index in [9.17, 15) is 9.59 Å². The Morgan fingerprint density at radius 3 is 2.66 bits per heavy atom. The van der Waals surface area contributed by atoms with Crippen LogP contribution in [0.25, 0.3) is 0 Å². The molecule has 4 rings (SSSR count). The summed E-state index contributed by atoms with van der Waals surface area (Å²) >= 11 is 1.74. The Hall–Kier alpha value is -2.01. The van der Waals surface area contributed by atoms with E-state index in [1.807, 2.05) is 31.2 Å². The summed E-state index contributed by atoms with van der Waals surface area (Å²) in [6, 6.07) is 12.1. The summed E-state index contributed by atoms with van der Waals surface area (Å²) in [6.07, 6.45) is 3.79. The van der Waals surface area contributed by atoms with Gasteiger partial charge in [-0.2, -0.15) is 0 Å². The number of carbonyl (C=O) groups excluding carboxylic acids is 2. The standard InChI is InChI=1S/C24H28O4S/c1-23(2)19(13-24(3)20(25)9-10-29-24)21(23)22(26)28-15-17-12-18(27-14-17)11-16-7-5-4-6-8-16/h4-8,12,14,19,21H,9-11,13,15H2,1-3H3. The van der Waals surface area contributed by atoms with Crippen molar-refractivity contribution in [3.63, 3.8) is 0 Å². The molecule has 2 aromatic rings. The second-order valence-corrected chi connectivity index (χ2v) is 10.7. The maximum atomic E-state index is 12.7. The summed E-state index contributed by atoms with van der Waals surface area (Å²) in [4.78, 5) is 25.0. The molecule has 2 aliphatic rings. The summed E-state index contributed by atoms with van der Waals surface area (Å²) in [6.45, 7) is 6.46. The fourth-order valence-corrected chi connectivity index (χ4v) is 5.83. The van der Waals surface area contributed by atoms with Crippen molar-refractivity contribution >= 4 is 23.5 Å². The molecule has 29 heavy (non-hydrogen) atoms. The fraction of sp³-hybridized carbons (Fsp3) is 0.500. The zero-order valence-electron chi connectivity index (χ0n) is 17.3. The number of ether oxygens (including phenoxy) is 1. The second kappa shape index (κ2) is 7.67. The molecule has 1 aromatic carbocycles. The first-order valence-electron chi connectivity index (χ1n) is 10.2. The van der Waals surface area contributed by atoms with Crippen molar-refractivity contribution in [1.29, 1.82) is 0 Å². The number of Topliss-reactive ketones (excluding diaryl/α,β-unsaturated/α-hetero) is 1. The molecule has 1 saturated carbocycles. The Morgan fingerprint density at radius 2 is 1.97 bits per heavy atom. The van der Waals surface area contributed by atoms with E-state index < -0.39 is 0 Å². The molecular formula is C24H28O4S. The van der Waals surface area contributed by atoms with Crippen LogP contribution < -0.4 is 0 Å². The maximum absolute atomic E-state index is 12.7. The van der Waals surface area contributed by atoms with E-state index in [1.54, 1.807) is 18.0 Å². The Balaban J connectivity index is 1.31. The number of hydrogen-bond donors (Lipinski definition) is 0. The lowest BCUT2D eigenvalue weighted by molar-refractivity contribution is -0.147. The Morgan fingerprint density at radius 1 is 1.21 bits per heavy atom. The minimum Gasteiger partial charge on any atom is -0.469 e. The van der Waals surface area contributed by atoms with Crippen molar-refractivity contribution in [2.45, 2.75) is 51.4 Å². The highest BCUT2D eigenvalue weighted by atomic mass is 32.2. The molecule has 1 saturated heterocycles. The van der Waals surface area contributed by atoms with Crippen LogP contribution in [0, 0.1) is 17.3 Å². The third kappa shape index (κ3) is 4.16. The SMILES string of the molecule is CC1(CC2C(C(=O)OCc3coc(Cc4ccccc4)c3)C2(C)C)SCCC1=O. The van der Waals surface area contributed by atoms with E-state index in [0.717, 1.165) is 29.9 Å². The zero-order chi connectivity index (χ0) is 20.6. The van der Waals surface area contributed by atoms with E-state index in [0.29, 0.717) is 12.2 Å². The Labute approximate surface area is 176 Å². The summed E-state index contributed by atoms with van der Waals surface area (Å²) < 4.78 is 10.9. The highest BCUT2D eigenvalue weighted by molar-refractivity contribution is 8.01. The van der Waals surface area contributed by atoms with Crippen LogP contribution in [0.15, 0.2) is 47.1 Å². The normalized spacial score (nSPS) is 27.8. The van der Waals surface area contributed by atoms with Gasteiger partial charge in [0.2, 0.25) is 0 Å². The molecule has 0 spiro atoms. The molecule has 1 aromatic heterocycles. The molecule has 0 radical (unpaired) electrons. The van der Waals surface area contributed by atoms with E-state index >= 15 is 0 Å². The van der Waals surface area contributed by atoms with Crippen LogP contribution in [-0.4, -0.2) is 22.3 Å². The molecule has 3 atom stereocenters. The van der Waals surface area contributed by atoms with Crippen LogP contribution in [0.2, 0.25) is 0 Å². The summed E-state index contributed by atoms with van der Waals surface area (Å²) in [5.74, 6) is 1.98. The first-order chi connectivity index (χ1) is 13.8. The van der Waals surface area contributed by atoms with E-state index in [1.165, 1.54) is 5.56 Å². The van der Waals surface area contributed by atoms with E-state index in [2.05, 4.69) is 26.0 Å². The highest BCUT2D eigenvalue weighted by Gasteiger charge is 2.64. The third-order valence-electron chi connectivity index (χ3n) is 6.56. The van der Waals surface area contributed by atoms with Gasteiger partial charge in [-0.3, -0.25) is 9.59 Å². The highest BCUT2D eigenvalue weighted by Crippen LogP contribution is 2.63. The van der Waals surface area contributed by atoms with Crippen molar-refractivity contribution in [3.05, 3.63) is 59.5 Å². The molecule has 2 fully saturated rings. The van der Waals surface area contributed by atoms with Crippen molar-refractivity contribution in [3.8, 4) is 0 Å². The van der Waals surface area contributed by atoms with Crippen LogP contribution in [0.4, 0.5) is 0 Å². The molecule has 1 aliphatic carbocycles. The van der Waals surface area contributed by atoms with Gasteiger partial charge in [-0.1, -0.05) is 44.2 Å². The monoisotopic (exact) mass is 412 g/mol. The molecule has 0 bridgehead atoms. The van der Waals surface area contributed by atoms with Gasteiger partial charge in [-0.05, 0) is 36.3 Å². The van der Waals surface area contributed by atoms with Crippen molar-refractivity contribution < 1.29 is 18.7 Å². The first-order valence-corrected chi connectivity index (χ1v) is 11.2. The number of esters is 1. The van der Waals surface area contributed by atoms with Crippen molar-refractivity contribution in [2.75, 3.05) is 5.75 Å². The van der Waals surface area contributed by atoms with Gasteiger partial charge in [0.25, 0.3) is 0 Å². The Kier molecular flexibility index (Phi) is 5.36. The van der Waals surface area contributed by atoms with E-state index in [-0.39, 0.29) is 34.6 Å². The average Bonchev–Trinajstić information content (AvgIpc) is 3.00. The molecule has 3 unspecified atom stereocenters. The molecule has 0 amide bonds. The molecule has 5 heteroatoms. The average molecular weight is 413 g/mol. The summed E-state index contributed by atoms with van der Waals surface area (Å²) in [7, 11) is 0. The van der Waals surface area contributed by atoms with Gasteiger partial charge in [0.05, 0.1) is 16.9 Å². The van der Waals surface area contributed by atoms with Gasteiger partial charge in [0.1, 0.15) is 18.2 Å². The number of ketones is 1. The van der Waals surface area contributed by atoms with Crippen LogP contribution in [0.3, 0.4) is 0 Å². The number of benzene rings is 1. The van der Waals surface area contributed by atoms with Gasteiger partial charge < -0.3 is 9.15 Å². The number of rotatable bonds is 7. The second-order valence-electron chi connectivity index (χ2n) is 9.05. The Bertz CT molecular complexity index is 901. The number of carbonyl (C=O) groups is 2. The minimum absolute atomic E-state index is 0.113. The van der Waals surface area contributed by atoms with E-state index in [4.69, 9.17) is 9.15 Å². The van der Waals surface area contributed by atoms with Crippen LogP contribution in [0.5, 0.6) is 0 Å². The quantitative estimate of drug-likeness (QED) is 0.596. The molecular weight excluding hydrogens is 384 g/mol. The third-order valence-corrected chi connectivity index (χ3v) is 8.00. The fourth-order valence-electron chi connectivity index (χ4n) is 4.54. The zero-order valence-corrected chi connectivity index (χ0v) is 18.1. The van der Waals surface area contributed by atoms with Gasteiger partial charge >= 0.3 is 5.97 Å².